The number of pyridine rings is 1. The summed E-state index contributed by atoms with van der Waals surface area (Å²) in [5.41, 5.74) is 6.47. The highest BCUT2D eigenvalue weighted by atomic mass is 16.6. The third-order valence-corrected chi connectivity index (χ3v) is 3.52. The number of hydrogen-bond donors (Lipinski definition) is 1. The molecule has 0 spiro atoms. The Kier molecular flexibility index (Phi) is 6.81. The molecule has 0 bridgehead atoms. The van der Waals surface area contributed by atoms with Gasteiger partial charge in [0.1, 0.15) is 18.0 Å². The molecule has 1 heterocycles. The predicted molar refractivity (Wildman–Crippen MR) is 106 cm³/mol. The van der Waals surface area contributed by atoms with Gasteiger partial charge in [-0.1, -0.05) is 0 Å². The molecule has 28 heavy (non-hydrogen) atoms. The highest BCUT2D eigenvalue weighted by Crippen LogP contribution is 2.21. The molecular formula is C20H25N3O5. The Bertz CT molecular complexity index is 818. The summed E-state index contributed by atoms with van der Waals surface area (Å²) in [6, 6.07) is 8.05. The number of nitrogens with zero attached hydrogens (tertiary/aromatic N) is 2. The van der Waals surface area contributed by atoms with E-state index in [1.54, 1.807) is 51.4 Å². The average Bonchev–Trinajstić information content (AvgIpc) is 2.63. The van der Waals surface area contributed by atoms with E-state index < -0.39 is 17.7 Å². The van der Waals surface area contributed by atoms with Gasteiger partial charge >= 0.3 is 12.1 Å². The van der Waals surface area contributed by atoms with Crippen molar-refractivity contribution in [2.75, 3.05) is 30.9 Å². The SMILES string of the molecule is COC(=O)c1cc(N)cc(OCCN(C(=O)OC(C)(C)C)c2ccncc2)c1. The zero-order valence-corrected chi connectivity index (χ0v) is 16.5. The zero-order chi connectivity index (χ0) is 20.7. The van der Waals surface area contributed by atoms with Gasteiger partial charge in [-0.25, -0.2) is 9.59 Å². The molecule has 1 aromatic heterocycles. The molecule has 8 heteroatoms. The van der Waals surface area contributed by atoms with Crippen molar-refractivity contribution in [2.24, 2.45) is 0 Å². The molecule has 0 unspecified atom stereocenters. The molecule has 150 valence electrons. The molecule has 2 rings (SSSR count). The van der Waals surface area contributed by atoms with E-state index in [2.05, 4.69) is 4.98 Å². The molecule has 2 aromatic rings. The number of carbonyl (C=O) groups excluding carboxylic acids is 2. The molecule has 0 fully saturated rings. The second kappa shape index (κ2) is 9.07. The zero-order valence-electron chi connectivity index (χ0n) is 16.5. The largest absolute Gasteiger partial charge is 0.492 e. The Hall–Kier alpha value is -3.29. The summed E-state index contributed by atoms with van der Waals surface area (Å²) in [5.74, 6) is -0.108. The first-order valence-electron chi connectivity index (χ1n) is 8.72. The van der Waals surface area contributed by atoms with Crippen LogP contribution in [-0.4, -0.2) is 42.9 Å². The monoisotopic (exact) mass is 387 g/mol. The van der Waals surface area contributed by atoms with Gasteiger partial charge in [-0.05, 0) is 45.0 Å². The highest BCUT2D eigenvalue weighted by Gasteiger charge is 2.23. The smallest absolute Gasteiger partial charge is 0.414 e. The van der Waals surface area contributed by atoms with Gasteiger partial charge in [-0.2, -0.15) is 0 Å². The van der Waals surface area contributed by atoms with Crippen LogP contribution in [-0.2, 0) is 9.47 Å². The third kappa shape index (κ3) is 6.15. The van der Waals surface area contributed by atoms with Crippen molar-refractivity contribution < 1.29 is 23.8 Å². The number of esters is 1. The second-order valence-electron chi connectivity index (χ2n) is 6.97. The van der Waals surface area contributed by atoms with E-state index in [9.17, 15) is 9.59 Å². The van der Waals surface area contributed by atoms with Gasteiger partial charge in [0.05, 0.1) is 24.9 Å². The summed E-state index contributed by atoms with van der Waals surface area (Å²) in [6.07, 6.45) is 2.69. The van der Waals surface area contributed by atoms with Crippen LogP contribution < -0.4 is 15.4 Å². The second-order valence-corrected chi connectivity index (χ2v) is 6.97. The van der Waals surface area contributed by atoms with Crippen molar-refractivity contribution in [3.63, 3.8) is 0 Å². The number of nitrogen functional groups attached to an aromatic ring is 1. The molecule has 0 atom stereocenters. The van der Waals surface area contributed by atoms with Crippen molar-refractivity contribution in [3.8, 4) is 5.75 Å². The fourth-order valence-electron chi connectivity index (χ4n) is 2.36. The standard InChI is InChI=1S/C20H25N3O5/c1-20(2,3)28-19(25)23(16-5-7-22-8-6-16)9-10-27-17-12-14(18(24)26-4)11-15(21)13-17/h5-8,11-13H,9-10,21H2,1-4H3. The molecule has 0 radical (unpaired) electrons. The van der Waals surface area contributed by atoms with Gasteiger partial charge in [0.2, 0.25) is 0 Å². The molecule has 0 saturated heterocycles. The fraction of sp³-hybridized carbons (Fsp3) is 0.350. The fourth-order valence-corrected chi connectivity index (χ4v) is 2.36. The first-order valence-corrected chi connectivity index (χ1v) is 8.72. The normalized spacial score (nSPS) is 10.9. The molecule has 0 aliphatic rings. The highest BCUT2D eigenvalue weighted by molar-refractivity contribution is 5.91. The number of methoxy groups -OCH3 is 1. The first kappa shape index (κ1) is 21.0. The number of anilines is 2. The quantitative estimate of drug-likeness (QED) is 0.599. The molecule has 1 amide bonds. The summed E-state index contributed by atoms with van der Waals surface area (Å²) in [6.45, 7) is 5.78. The van der Waals surface area contributed by atoms with E-state index in [-0.39, 0.29) is 18.7 Å². The first-order chi connectivity index (χ1) is 13.2. The summed E-state index contributed by atoms with van der Waals surface area (Å²) in [5, 5.41) is 0. The lowest BCUT2D eigenvalue weighted by atomic mass is 10.2. The van der Waals surface area contributed by atoms with Crippen molar-refractivity contribution in [2.45, 2.75) is 26.4 Å². The van der Waals surface area contributed by atoms with Gasteiger partial charge in [0.25, 0.3) is 0 Å². The van der Waals surface area contributed by atoms with Crippen molar-refractivity contribution in [1.29, 1.82) is 0 Å². The van der Waals surface area contributed by atoms with Crippen molar-refractivity contribution >= 4 is 23.4 Å². The number of rotatable bonds is 6. The van der Waals surface area contributed by atoms with Crippen LogP contribution in [0.15, 0.2) is 42.7 Å². The maximum atomic E-state index is 12.6. The number of ether oxygens (including phenoxy) is 3. The van der Waals surface area contributed by atoms with E-state index >= 15 is 0 Å². The lowest BCUT2D eigenvalue weighted by molar-refractivity contribution is 0.0573. The summed E-state index contributed by atoms with van der Waals surface area (Å²) in [4.78, 5) is 29.7. The maximum Gasteiger partial charge on any atom is 0.414 e. The Labute approximate surface area is 164 Å². The van der Waals surface area contributed by atoms with Crippen LogP contribution in [0.3, 0.4) is 0 Å². The van der Waals surface area contributed by atoms with Crippen LogP contribution in [0.4, 0.5) is 16.2 Å². The Morgan fingerprint density at radius 3 is 2.43 bits per heavy atom. The third-order valence-electron chi connectivity index (χ3n) is 3.52. The van der Waals surface area contributed by atoms with Gasteiger partial charge in [-0.3, -0.25) is 9.88 Å². The summed E-state index contributed by atoms with van der Waals surface area (Å²) < 4.78 is 15.9. The summed E-state index contributed by atoms with van der Waals surface area (Å²) in [7, 11) is 1.29. The van der Waals surface area contributed by atoms with Gasteiger partial charge < -0.3 is 19.9 Å². The van der Waals surface area contributed by atoms with Crippen molar-refractivity contribution in [1.82, 2.24) is 4.98 Å². The lowest BCUT2D eigenvalue weighted by Crippen LogP contribution is -2.39. The number of hydrogen-bond acceptors (Lipinski definition) is 7. The van der Waals surface area contributed by atoms with Crippen molar-refractivity contribution in [3.05, 3.63) is 48.3 Å². The van der Waals surface area contributed by atoms with E-state index in [1.165, 1.54) is 24.1 Å². The topological polar surface area (TPSA) is 104 Å². The minimum absolute atomic E-state index is 0.158. The van der Waals surface area contributed by atoms with E-state index in [1.807, 2.05) is 0 Å². The van der Waals surface area contributed by atoms with Crippen LogP contribution in [0.2, 0.25) is 0 Å². The number of amides is 1. The number of nitrogens with two attached hydrogens (primary N) is 1. The molecule has 0 aliphatic heterocycles. The van der Waals surface area contributed by atoms with Crippen LogP contribution in [0.5, 0.6) is 5.75 Å². The van der Waals surface area contributed by atoms with E-state index in [4.69, 9.17) is 19.9 Å². The molecule has 0 saturated carbocycles. The average molecular weight is 387 g/mol. The lowest BCUT2D eigenvalue weighted by Gasteiger charge is -2.27. The summed E-state index contributed by atoms with van der Waals surface area (Å²) >= 11 is 0. The number of benzene rings is 1. The van der Waals surface area contributed by atoms with Gasteiger partial charge in [0.15, 0.2) is 0 Å². The molecule has 0 aliphatic carbocycles. The van der Waals surface area contributed by atoms with Crippen LogP contribution >= 0.6 is 0 Å². The molecule has 8 nitrogen and oxygen atoms in total. The van der Waals surface area contributed by atoms with E-state index in [0.29, 0.717) is 17.1 Å². The predicted octanol–water partition coefficient (Wildman–Crippen LogP) is 3.27. The Morgan fingerprint density at radius 2 is 1.82 bits per heavy atom. The molecule has 1 aromatic carbocycles. The number of aromatic nitrogens is 1. The number of carbonyl (C=O) groups is 2. The Morgan fingerprint density at radius 1 is 1.14 bits per heavy atom. The van der Waals surface area contributed by atoms with Crippen LogP contribution in [0, 0.1) is 0 Å². The maximum absolute atomic E-state index is 12.6. The minimum atomic E-state index is -0.632. The van der Waals surface area contributed by atoms with Gasteiger partial charge in [0, 0.05) is 24.1 Å². The minimum Gasteiger partial charge on any atom is -0.492 e. The van der Waals surface area contributed by atoms with Crippen LogP contribution in [0.25, 0.3) is 0 Å². The molecular weight excluding hydrogens is 362 g/mol. The van der Waals surface area contributed by atoms with Gasteiger partial charge in [-0.15, -0.1) is 0 Å². The Balaban J connectivity index is 2.11. The molecule has 2 N–H and O–H groups in total. The van der Waals surface area contributed by atoms with E-state index in [0.717, 1.165) is 0 Å². The van der Waals surface area contributed by atoms with Crippen LogP contribution in [0.1, 0.15) is 31.1 Å².